The largest absolute Gasteiger partial charge is 0.361 e. The van der Waals surface area contributed by atoms with Crippen LogP contribution in [0.25, 0.3) is 0 Å². The molecule has 4 heteroatoms. The van der Waals surface area contributed by atoms with Gasteiger partial charge in [-0.05, 0) is 52.4 Å². The summed E-state index contributed by atoms with van der Waals surface area (Å²) < 4.78 is 6.00. The van der Waals surface area contributed by atoms with Gasteiger partial charge in [0.2, 0.25) is 5.91 Å². The number of ether oxygens (including phenoxy) is 1. The maximum atomic E-state index is 11.9. The average Bonchev–Trinajstić information content (AvgIpc) is 2.31. The lowest BCUT2D eigenvalue weighted by atomic mass is 9.79. The minimum atomic E-state index is -0.427. The van der Waals surface area contributed by atoms with Gasteiger partial charge < -0.3 is 15.8 Å². The van der Waals surface area contributed by atoms with Gasteiger partial charge in [-0.3, -0.25) is 4.79 Å². The van der Waals surface area contributed by atoms with Crippen molar-refractivity contribution in [1.82, 2.24) is 5.32 Å². The molecule has 0 radical (unpaired) electrons. The van der Waals surface area contributed by atoms with E-state index >= 15 is 0 Å². The van der Waals surface area contributed by atoms with Crippen molar-refractivity contribution in [2.24, 2.45) is 11.7 Å². The minimum Gasteiger partial charge on any atom is -0.361 e. The molecule has 0 aromatic carbocycles. The molecule has 3 N–H and O–H groups in total. The second kappa shape index (κ2) is 6.53. The van der Waals surface area contributed by atoms with Crippen LogP contribution in [-0.2, 0) is 9.53 Å². The van der Waals surface area contributed by atoms with Crippen molar-refractivity contribution in [3.05, 3.63) is 0 Å². The summed E-state index contributed by atoms with van der Waals surface area (Å²) in [7, 11) is 0. The summed E-state index contributed by atoms with van der Waals surface area (Å²) in [5.41, 5.74) is 5.59. The van der Waals surface area contributed by atoms with E-state index in [2.05, 4.69) is 12.2 Å². The first-order valence-corrected chi connectivity index (χ1v) is 7.07. The monoisotopic (exact) mass is 256 g/mol. The maximum Gasteiger partial charge on any atom is 0.249 e. The van der Waals surface area contributed by atoms with Crippen LogP contribution < -0.4 is 11.1 Å². The molecule has 0 heterocycles. The van der Waals surface area contributed by atoms with Gasteiger partial charge in [0.15, 0.2) is 0 Å². The van der Waals surface area contributed by atoms with Crippen molar-refractivity contribution < 1.29 is 9.53 Å². The zero-order valence-electron chi connectivity index (χ0n) is 12.2. The summed E-state index contributed by atoms with van der Waals surface area (Å²) >= 11 is 0. The summed E-state index contributed by atoms with van der Waals surface area (Å²) in [6.45, 7) is 8.47. The van der Waals surface area contributed by atoms with E-state index in [1.807, 2.05) is 20.8 Å². The van der Waals surface area contributed by atoms with Crippen molar-refractivity contribution in [1.29, 1.82) is 0 Å². The van der Waals surface area contributed by atoms with Crippen molar-refractivity contribution in [3.8, 4) is 0 Å². The fourth-order valence-electron chi connectivity index (χ4n) is 2.49. The average molecular weight is 256 g/mol. The quantitative estimate of drug-likeness (QED) is 0.788. The number of nitrogens with two attached hydrogens (primary N) is 1. The van der Waals surface area contributed by atoms with E-state index in [1.165, 1.54) is 0 Å². The van der Waals surface area contributed by atoms with Gasteiger partial charge in [-0.25, -0.2) is 0 Å². The van der Waals surface area contributed by atoms with Gasteiger partial charge in [-0.15, -0.1) is 0 Å². The van der Waals surface area contributed by atoms with E-state index in [9.17, 15) is 4.79 Å². The predicted molar refractivity (Wildman–Crippen MR) is 73.2 cm³/mol. The van der Waals surface area contributed by atoms with E-state index in [4.69, 9.17) is 10.5 Å². The number of carbonyl (C=O) groups excluding carboxylic acids is 1. The Bertz CT molecular complexity index is 271. The number of hydrogen-bond acceptors (Lipinski definition) is 3. The number of hydrogen-bond donors (Lipinski definition) is 2. The molecule has 0 aromatic heterocycles. The Kier molecular flexibility index (Phi) is 5.60. The van der Waals surface area contributed by atoms with Crippen LogP contribution in [0, 0.1) is 5.92 Å². The molecule has 1 rings (SSSR count). The highest BCUT2D eigenvalue weighted by Crippen LogP contribution is 2.34. The number of amides is 1. The SMILES string of the molecule is CC1CCC(CN)(OC(C)C(=O)NC(C)C)CC1. The van der Waals surface area contributed by atoms with Crippen molar-refractivity contribution in [2.75, 3.05) is 6.54 Å². The van der Waals surface area contributed by atoms with E-state index in [0.29, 0.717) is 6.54 Å². The van der Waals surface area contributed by atoms with E-state index in [1.54, 1.807) is 0 Å². The van der Waals surface area contributed by atoms with Crippen LogP contribution in [0.2, 0.25) is 0 Å². The first-order valence-electron chi connectivity index (χ1n) is 7.07. The van der Waals surface area contributed by atoms with Gasteiger partial charge >= 0.3 is 0 Å². The smallest absolute Gasteiger partial charge is 0.249 e. The second-order valence-corrected chi connectivity index (χ2v) is 5.99. The van der Waals surface area contributed by atoms with Crippen LogP contribution in [-0.4, -0.2) is 30.2 Å². The van der Waals surface area contributed by atoms with Crippen LogP contribution in [0.1, 0.15) is 53.4 Å². The molecule has 1 saturated carbocycles. The number of carbonyl (C=O) groups is 1. The Balaban J connectivity index is 2.54. The highest BCUT2D eigenvalue weighted by molar-refractivity contribution is 5.80. The molecule has 1 fully saturated rings. The molecule has 0 spiro atoms. The maximum absolute atomic E-state index is 11.9. The summed E-state index contributed by atoms with van der Waals surface area (Å²) in [5.74, 6) is 0.699. The molecule has 1 unspecified atom stereocenters. The molecule has 0 saturated heterocycles. The third-order valence-electron chi connectivity index (χ3n) is 3.78. The van der Waals surface area contributed by atoms with Crippen LogP contribution in [0.4, 0.5) is 0 Å². The molecule has 0 bridgehead atoms. The molecular formula is C14H28N2O2. The third kappa shape index (κ3) is 4.25. The van der Waals surface area contributed by atoms with Crippen molar-refractivity contribution in [3.63, 3.8) is 0 Å². The minimum absolute atomic E-state index is 0.0450. The van der Waals surface area contributed by atoms with Gasteiger partial charge in [0.05, 0.1) is 5.60 Å². The Labute approximate surface area is 111 Å². The first-order chi connectivity index (χ1) is 8.38. The first kappa shape index (κ1) is 15.4. The van der Waals surface area contributed by atoms with Gasteiger partial charge in [-0.2, -0.15) is 0 Å². The summed E-state index contributed by atoms with van der Waals surface area (Å²) in [4.78, 5) is 11.9. The zero-order chi connectivity index (χ0) is 13.8. The molecule has 4 nitrogen and oxygen atoms in total. The lowest BCUT2D eigenvalue weighted by Crippen LogP contribution is -2.49. The zero-order valence-corrected chi connectivity index (χ0v) is 12.2. The van der Waals surface area contributed by atoms with Gasteiger partial charge in [0.25, 0.3) is 0 Å². The van der Waals surface area contributed by atoms with Crippen molar-refractivity contribution in [2.45, 2.75) is 71.1 Å². The van der Waals surface area contributed by atoms with E-state index in [-0.39, 0.29) is 17.6 Å². The number of rotatable bonds is 5. The molecule has 1 aliphatic carbocycles. The topological polar surface area (TPSA) is 64.3 Å². The predicted octanol–water partition coefficient (Wildman–Crippen LogP) is 1.82. The molecule has 106 valence electrons. The van der Waals surface area contributed by atoms with E-state index in [0.717, 1.165) is 31.6 Å². The molecule has 1 atom stereocenters. The van der Waals surface area contributed by atoms with Crippen molar-refractivity contribution >= 4 is 5.91 Å². The fourth-order valence-corrected chi connectivity index (χ4v) is 2.49. The van der Waals surface area contributed by atoms with Crippen LogP contribution in [0.5, 0.6) is 0 Å². The van der Waals surface area contributed by atoms with Gasteiger partial charge in [-0.1, -0.05) is 6.92 Å². The summed E-state index contributed by atoms with van der Waals surface area (Å²) in [6.07, 6.45) is 3.77. The van der Waals surface area contributed by atoms with Crippen LogP contribution >= 0.6 is 0 Å². The Hall–Kier alpha value is -0.610. The Morgan fingerprint density at radius 3 is 2.39 bits per heavy atom. The summed E-state index contributed by atoms with van der Waals surface area (Å²) in [5, 5.41) is 2.88. The molecule has 1 aliphatic rings. The van der Waals surface area contributed by atoms with Crippen LogP contribution in [0.3, 0.4) is 0 Å². The highest BCUT2D eigenvalue weighted by atomic mass is 16.5. The van der Waals surface area contributed by atoms with Crippen LogP contribution in [0.15, 0.2) is 0 Å². The Morgan fingerprint density at radius 1 is 1.39 bits per heavy atom. The molecular weight excluding hydrogens is 228 g/mol. The highest BCUT2D eigenvalue weighted by Gasteiger charge is 2.36. The van der Waals surface area contributed by atoms with E-state index < -0.39 is 6.10 Å². The standard InChI is InChI=1S/C14H28N2O2/c1-10(2)16-13(17)12(4)18-14(9-15)7-5-11(3)6-8-14/h10-12H,5-9,15H2,1-4H3,(H,16,17). The number of nitrogens with one attached hydrogen (secondary N) is 1. The molecule has 18 heavy (non-hydrogen) atoms. The Morgan fingerprint density at radius 2 is 1.94 bits per heavy atom. The second-order valence-electron chi connectivity index (χ2n) is 5.99. The lowest BCUT2D eigenvalue weighted by Gasteiger charge is -2.40. The normalized spacial score (nSPS) is 30.2. The molecule has 1 amide bonds. The third-order valence-corrected chi connectivity index (χ3v) is 3.78. The fraction of sp³-hybridized carbons (Fsp3) is 0.929. The lowest BCUT2D eigenvalue weighted by molar-refractivity contribution is -0.150. The summed E-state index contributed by atoms with van der Waals surface area (Å²) in [6, 6.07) is 0.142. The molecule has 0 aliphatic heterocycles. The molecule has 0 aromatic rings. The van der Waals surface area contributed by atoms with Gasteiger partial charge in [0, 0.05) is 12.6 Å². The van der Waals surface area contributed by atoms with Gasteiger partial charge in [0.1, 0.15) is 6.10 Å².